The molecule has 4 nitrogen and oxygen atoms in total. The zero-order chi connectivity index (χ0) is 9.26. The Labute approximate surface area is 76.7 Å². The average molecular weight is 179 g/mol. The van der Waals surface area contributed by atoms with Crippen molar-refractivity contribution in [1.29, 1.82) is 0 Å². The third-order valence-electron chi connectivity index (χ3n) is 2.66. The van der Waals surface area contributed by atoms with Gasteiger partial charge in [0.25, 0.3) is 0 Å². The van der Waals surface area contributed by atoms with Crippen molar-refractivity contribution in [2.45, 2.75) is 31.7 Å². The summed E-state index contributed by atoms with van der Waals surface area (Å²) in [6.45, 7) is 0. The quantitative estimate of drug-likeness (QED) is 0.698. The molecule has 0 amide bonds. The second-order valence-corrected chi connectivity index (χ2v) is 3.49. The van der Waals surface area contributed by atoms with E-state index >= 15 is 0 Å². The summed E-state index contributed by atoms with van der Waals surface area (Å²) in [6.07, 6.45) is 7.03. The molecule has 4 heteroatoms. The van der Waals surface area contributed by atoms with Crippen LogP contribution in [0, 0.1) is 0 Å². The standard InChI is InChI=1S/C9H13N3O/c10-9-7(6-13)5-11-12(9)8-3-1-2-4-8/h5-6,8H,1-4,10H2. The van der Waals surface area contributed by atoms with Crippen molar-refractivity contribution in [1.82, 2.24) is 9.78 Å². The topological polar surface area (TPSA) is 60.9 Å². The first-order valence-corrected chi connectivity index (χ1v) is 4.61. The molecule has 0 aromatic carbocycles. The van der Waals surface area contributed by atoms with Gasteiger partial charge in [0, 0.05) is 0 Å². The molecule has 1 aliphatic rings. The number of carbonyl (C=O) groups is 1. The van der Waals surface area contributed by atoms with E-state index < -0.39 is 0 Å². The number of aromatic nitrogens is 2. The van der Waals surface area contributed by atoms with Gasteiger partial charge < -0.3 is 5.73 Å². The molecule has 0 bridgehead atoms. The monoisotopic (exact) mass is 179 g/mol. The summed E-state index contributed by atoms with van der Waals surface area (Å²) in [5.74, 6) is 0.516. The molecule has 0 atom stereocenters. The third kappa shape index (κ3) is 1.32. The van der Waals surface area contributed by atoms with E-state index in [0.717, 1.165) is 19.1 Å². The lowest BCUT2D eigenvalue weighted by atomic mass is 10.2. The minimum absolute atomic E-state index is 0.411. The summed E-state index contributed by atoms with van der Waals surface area (Å²) in [5, 5.41) is 4.13. The smallest absolute Gasteiger partial charge is 0.155 e. The van der Waals surface area contributed by atoms with Gasteiger partial charge in [0.05, 0.1) is 17.8 Å². The summed E-state index contributed by atoms with van der Waals surface area (Å²) in [7, 11) is 0. The summed E-state index contributed by atoms with van der Waals surface area (Å²) < 4.78 is 1.79. The van der Waals surface area contributed by atoms with Gasteiger partial charge in [-0.3, -0.25) is 4.79 Å². The summed E-state index contributed by atoms with van der Waals surface area (Å²) in [4.78, 5) is 10.5. The first kappa shape index (κ1) is 8.29. The van der Waals surface area contributed by atoms with Crippen LogP contribution in [0.15, 0.2) is 6.20 Å². The molecular weight excluding hydrogens is 166 g/mol. The highest BCUT2D eigenvalue weighted by Gasteiger charge is 2.20. The van der Waals surface area contributed by atoms with E-state index in [4.69, 9.17) is 5.73 Å². The van der Waals surface area contributed by atoms with Crippen molar-refractivity contribution in [2.24, 2.45) is 0 Å². The molecule has 0 aliphatic heterocycles. The Kier molecular flexibility index (Phi) is 2.04. The van der Waals surface area contributed by atoms with Gasteiger partial charge in [0.15, 0.2) is 6.29 Å². The first-order valence-electron chi connectivity index (χ1n) is 4.61. The number of nitrogen functional groups attached to an aromatic ring is 1. The number of hydrogen-bond acceptors (Lipinski definition) is 3. The molecule has 1 aliphatic carbocycles. The number of carbonyl (C=O) groups excluding carboxylic acids is 1. The van der Waals surface area contributed by atoms with Crippen LogP contribution < -0.4 is 5.73 Å². The van der Waals surface area contributed by atoms with E-state index in [2.05, 4.69) is 5.10 Å². The fourth-order valence-electron chi connectivity index (χ4n) is 1.92. The predicted molar refractivity (Wildman–Crippen MR) is 49.5 cm³/mol. The number of nitrogens with zero attached hydrogens (tertiary/aromatic N) is 2. The van der Waals surface area contributed by atoms with Gasteiger partial charge in [-0.1, -0.05) is 12.8 Å². The zero-order valence-corrected chi connectivity index (χ0v) is 7.44. The molecule has 1 fully saturated rings. The van der Waals surface area contributed by atoms with E-state index in [9.17, 15) is 4.79 Å². The number of rotatable bonds is 2. The minimum atomic E-state index is 0.411. The Morgan fingerprint density at radius 2 is 2.23 bits per heavy atom. The first-order chi connectivity index (χ1) is 6.33. The summed E-state index contributed by atoms with van der Waals surface area (Å²) in [5.41, 5.74) is 6.27. The fraction of sp³-hybridized carbons (Fsp3) is 0.556. The largest absolute Gasteiger partial charge is 0.383 e. The molecule has 0 spiro atoms. The SMILES string of the molecule is Nc1c(C=O)cnn1C1CCCC1. The van der Waals surface area contributed by atoms with Crippen LogP contribution in [0.5, 0.6) is 0 Å². The lowest BCUT2D eigenvalue weighted by molar-refractivity contribution is 0.112. The van der Waals surface area contributed by atoms with Gasteiger partial charge in [0.1, 0.15) is 5.82 Å². The number of anilines is 1. The van der Waals surface area contributed by atoms with E-state index in [1.807, 2.05) is 0 Å². The Bertz CT molecular complexity index is 313. The van der Waals surface area contributed by atoms with Crippen LogP contribution in [0.25, 0.3) is 0 Å². The highest BCUT2D eigenvalue weighted by Crippen LogP contribution is 2.31. The predicted octanol–water partition coefficient (Wildman–Crippen LogP) is 1.39. The Morgan fingerprint density at radius 3 is 2.77 bits per heavy atom. The molecular formula is C9H13N3O. The molecule has 0 saturated heterocycles. The lowest BCUT2D eigenvalue weighted by Gasteiger charge is -2.11. The number of aldehydes is 1. The Hall–Kier alpha value is -1.32. The van der Waals surface area contributed by atoms with E-state index in [1.165, 1.54) is 12.8 Å². The van der Waals surface area contributed by atoms with Gasteiger partial charge in [0.2, 0.25) is 0 Å². The molecule has 0 radical (unpaired) electrons. The summed E-state index contributed by atoms with van der Waals surface area (Å²) in [6, 6.07) is 0.411. The maximum Gasteiger partial charge on any atom is 0.155 e. The molecule has 1 heterocycles. The van der Waals surface area contributed by atoms with E-state index in [1.54, 1.807) is 10.9 Å². The normalized spacial score (nSPS) is 17.8. The van der Waals surface area contributed by atoms with Crippen molar-refractivity contribution < 1.29 is 4.79 Å². The number of nitrogens with two attached hydrogens (primary N) is 1. The maximum atomic E-state index is 10.5. The molecule has 2 N–H and O–H groups in total. The van der Waals surface area contributed by atoms with Crippen molar-refractivity contribution in [3.63, 3.8) is 0 Å². The molecule has 1 aromatic heterocycles. The third-order valence-corrected chi connectivity index (χ3v) is 2.66. The van der Waals surface area contributed by atoms with Crippen molar-refractivity contribution in [3.05, 3.63) is 11.8 Å². The molecule has 0 unspecified atom stereocenters. The van der Waals surface area contributed by atoms with Gasteiger partial charge in [-0.05, 0) is 12.8 Å². The maximum absolute atomic E-state index is 10.5. The number of hydrogen-bond donors (Lipinski definition) is 1. The van der Waals surface area contributed by atoms with Crippen LogP contribution in [0.3, 0.4) is 0 Å². The van der Waals surface area contributed by atoms with E-state index in [0.29, 0.717) is 17.4 Å². The molecule has 1 aromatic rings. The zero-order valence-electron chi connectivity index (χ0n) is 7.44. The Morgan fingerprint density at radius 1 is 1.54 bits per heavy atom. The van der Waals surface area contributed by atoms with Crippen LogP contribution >= 0.6 is 0 Å². The highest BCUT2D eigenvalue weighted by atomic mass is 16.1. The second kappa shape index (κ2) is 3.20. The molecule has 13 heavy (non-hydrogen) atoms. The van der Waals surface area contributed by atoms with Crippen molar-refractivity contribution in [3.8, 4) is 0 Å². The molecule has 2 rings (SSSR count). The van der Waals surface area contributed by atoms with Crippen molar-refractivity contribution in [2.75, 3.05) is 5.73 Å². The van der Waals surface area contributed by atoms with Crippen LogP contribution in [0.2, 0.25) is 0 Å². The summed E-state index contributed by atoms with van der Waals surface area (Å²) >= 11 is 0. The van der Waals surface area contributed by atoms with Gasteiger partial charge in [-0.15, -0.1) is 0 Å². The highest BCUT2D eigenvalue weighted by molar-refractivity contribution is 5.81. The van der Waals surface area contributed by atoms with Crippen LogP contribution in [0.4, 0.5) is 5.82 Å². The molecule has 70 valence electrons. The molecule has 1 saturated carbocycles. The van der Waals surface area contributed by atoms with Gasteiger partial charge >= 0.3 is 0 Å². The lowest BCUT2D eigenvalue weighted by Crippen LogP contribution is -2.10. The van der Waals surface area contributed by atoms with Gasteiger partial charge in [-0.2, -0.15) is 5.10 Å². The van der Waals surface area contributed by atoms with Gasteiger partial charge in [-0.25, -0.2) is 4.68 Å². The average Bonchev–Trinajstić information content (AvgIpc) is 2.72. The van der Waals surface area contributed by atoms with Crippen LogP contribution in [0.1, 0.15) is 42.1 Å². The Balaban J connectivity index is 2.29. The second-order valence-electron chi connectivity index (χ2n) is 3.49. The minimum Gasteiger partial charge on any atom is -0.383 e. The fourth-order valence-corrected chi connectivity index (χ4v) is 1.92. The van der Waals surface area contributed by atoms with Crippen LogP contribution in [-0.4, -0.2) is 16.1 Å². The van der Waals surface area contributed by atoms with Crippen molar-refractivity contribution >= 4 is 12.1 Å². The van der Waals surface area contributed by atoms with Crippen LogP contribution in [-0.2, 0) is 0 Å². The van der Waals surface area contributed by atoms with E-state index in [-0.39, 0.29) is 0 Å².